The molecule has 21 heavy (non-hydrogen) atoms. The molecule has 116 valence electrons. The zero-order chi connectivity index (χ0) is 15.5. The third-order valence-corrected chi connectivity index (χ3v) is 4.96. The van der Waals surface area contributed by atoms with Gasteiger partial charge in [0, 0.05) is 0 Å². The van der Waals surface area contributed by atoms with Crippen LogP contribution in [0.4, 0.5) is 0 Å². The number of primary sulfonamides is 1. The van der Waals surface area contributed by atoms with Gasteiger partial charge in [-0.25, -0.2) is 18.4 Å². The van der Waals surface area contributed by atoms with Crippen LogP contribution in [0.25, 0.3) is 0 Å². The van der Waals surface area contributed by atoms with Gasteiger partial charge < -0.3 is 4.74 Å². The van der Waals surface area contributed by atoms with Gasteiger partial charge in [0.15, 0.2) is 0 Å². The summed E-state index contributed by atoms with van der Waals surface area (Å²) in [4.78, 5) is 12.0. The molecule has 0 amide bonds. The normalized spacial score (nSPS) is 16.7. The fraction of sp³-hybridized carbons (Fsp3) is 0.533. The molecule has 2 rings (SSSR count). The second-order valence-corrected chi connectivity index (χ2v) is 7.16. The highest BCUT2D eigenvalue weighted by molar-refractivity contribution is 7.89. The van der Waals surface area contributed by atoms with E-state index in [-0.39, 0.29) is 10.5 Å². The highest BCUT2D eigenvalue weighted by Gasteiger charge is 2.18. The second-order valence-electron chi connectivity index (χ2n) is 5.63. The first kappa shape index (κ1) is 16.0. The van der Waals surface area contributed by atoms with E-state index >= 15 is 0 Å². The van der Waals surface area contributed by atoms with Gasteiger partial charge in [-0.15, -0.1) is 0 Å². The van der Waals surface area contributed by atoms with Crippen molar-refractivity contribution in [1.82, 2.24) is 0 Å². The topological polar surface area (TPSA) is 86.5 Å². The van der Waals surface area contributed by atoms with E-state index in [4.69, 9.17) is 9.88 Å². The number of hydrogen-bond donors (Lipinski definition) is 1. The van der Waals surface area contributed by atoms with Crippen molar-refractivity contribution in [3.63, 3.8) is 0 Å². The maximum absolute atomic E-state index is 12.0. The van der Waals surface area contributed by atoms with E-state index in [2.05, 4.69) is 0 Å². The molecule has 0 heterocycles. The van der Waals surface area contributed by atoms with E-state index in [1.807, 2.05) is 0 Å². The van der Waals surface area contributed by atoms with Crippen molar-refractivity contribution >= 4 is 16.0 Å². The zero-order valence-corrected chi connectivity index (χ0v) is 13.0. The first-order valence-electron chi connectivity index (χ1n) is 7.18. The van der Waals surface area contributed by atoms with Crippen LogP contribution >= 0.6 is 0 Å². The zero-order valence-electron chi connectivity index (χ0n) is 12.2. The van der Waals surface area contributed by atoms with Crippen LogP contribution in [0.5, 0.6) is 0 Å². The lowest BCUT2D eigenvalue weighted by atomic mass is 9.90. The summed E-state index contributed by atoms with van der Waals surface area (Å²) >= 11 is 0. The van der Waals surface area contributed by atoms with Crippen molar-refractivity contribution in [3.8, 4) is 0 Å². The Morgan fingerprint density at radius 2 is 1.95 bits per heavy atom. The lowest BCUT2D eigenvalue weighted by molar-refractivity contribution is 0.0410. The molecule has 1 aromatic carbocycles. The summed E-state index contributed by atoms with van der Waals surface area (Å²) in [6, 6.07) is 4.41. The Bertz CT molecular complexity index is 619. The van der Waals surface area contributed by atoms with Crippen LogP contribution < -0.4 is 5.14 Å². The van der Waals surface area contributed by atoms with E-state index in [1.165, 1.54) is 25.3 Å². The fourth-order valence-corrected chi connectivity index (χ4v) is 3.47. The fourth-order valence-electron chi connectivity index (χ4n) is 2.66. The first-order valence-corrected chi connectivity index (χ1v) is 8.73. The molecule has 1 aliphatic carbocycles. The average molecular weight is 311 g/mol. The van der Waals surface area contributed by atoms with Crippen LogP contribution in [0.2, 0.25) is 0 Å². The SMILES string of the molecule is Cc1ccc(C(=O)OCC2CCCCC2)cc1S(N)(=O)=O. The van der Waals surface area contributed by atoms with E-state index in [9.17, 15) is 13.2 Å². The molecule has 0 unspecified atom stereocenters. The van der Waals surface area contributed by atoms with Gasteiger partial charge in [0.25, 0.3) is 0 Å². The average Bonchev–Trinajstić information content (AvgIpc) is 2.45. The summed E-state index contributed by atoms with van der Waals surface area (Å²) in [5.41, 5.74) is 0.738. The maximum atomic E-state index is 12.0. The molecule has 0 bridgehead atoms. The molecule has 0 atom stereocenters. The standard InChI is InChI=1S/C15H21NO4S/c1-11-7-8-13(9-14(11)21(16,18)19)15(17)20-10-12-5-3-2-4-6-12/h7-9,12H,2-6,10H2,1H3,(H2,16,18,19). The van der Waals surface area contributed by atoms with Crippen molar-refractivity contribution in [2.75, 3.05) is 6.61 Å². The number of rotatable bonds is 4. The monoisotopic (exact) mass is 311 g/mol. The van der Waals surface area contributed by atoms with Gasteiger partial charge in [-0.2, -0.15) is 0 Å². The summed E-state index contributed by atoms with van der Waals surface area (Å²) in [6.45, 7) is 2.04. The minimum atomic E-state index is -3.83. The summed E-state index contributed by atoms with van der Waals surface area (Å²) < 4.78 is 28.2. The van der Waals surface area contributed by atoms with Gasteiger partial charge in [-0.05, 0) is 43.4 Å². The highest BCUT2D eigenvalue weighted by atomic mass is 32.2. The van der Waals surface area contributed by atoms with Crippen molar-refractivity contribution in [2.24, 2.45) is 11.1 Å². The van der Waals surface area contributed by atoms with Gasteiger partial charge >= 0.3 is 5.97 Å². The Morgan fingerprint density at radius 1 is 1.29 bits per heavy atom. The van der Waals surface area contributed by atoms with Crippen LogP contribution in [-0.2, 0) is 14.8 Å². The molecule has 2 N–H and O–H groups in total. The second kappa shape index (κ2) is 6.58. The number of nitrogens with two attached hydrogens (primary N) is 1. The number of hydrogen-bond acceptors (Lipinski definition) is 4. The van der Waals surface area contributed by atoms with Crippen LogP contribution in [0.3, 0.4) is 0 Å². The maximum Gasteiger partial charge on any atom is 0.338 e. The lowest BCUT2D eigenvalue weighted by Gasteiger charge is -2.21. The Morgan fingerprint density at radius 3 is 2.57 bits per heavy atom. The minimum absolute atomic E-state index is 0.0328. The Hall–Kier alpha value is -1.40. The van der Waals surface area contributed by atoms with Crippen LogP contribution in [0, 0.1) is 12.8 Å². The number of benzene rings is 1. The molecule has 0 aromatic heterocycles. The van der Waals surface area contributed by atoms with Crippen molar-refractivity contribution < 1.29 is 17.9 Å². The number of carbonyl (C=O) groups excluding carboxylic acids is 1. The smallest absolute Gasteiger partial charge is 0.338 e. The number of sulfonamides is 1. The largest absolute Gasteiger partial charge is 0.462 e. The van der Waals surface area contributed by atoms with E-state index in [0.717, 1.165) is 12.8 Å². The van der Waals surface area contributed by atoms with Crippen LogP contribution in [-0.4, -0.2) is 21.0 Å². The predicted molar refractivity (Wildman–Crippen MR) is 79.4 cm³/mol. The Kier molecular flexibility index (Phi) is 5.00. The van der Waals surface area contributed by atoms with Gasteiger partial charge in [-0.1, -0.05) is 25.3 Å². The van der Waals surface area contributed by atoms with E-state index < -0.39 is 16.0 Å². The molecule has 1 aromatic rings. The molecule has 0 saturated heterocycles. The number of aryl methyl sites for hydroxylation is 1. The lowest BCUT2D eigenvalue weighted by Crippen LogP contribution is -2.18. The van der Waals surface area contributed by atoms with Gasteiger partial charge in [-0.3, -0.25) is 0 Å². The number of ether oxygens (including phenoxy) is 1. The van der Waals surface area contributed by atoms with Gasteiger partial charge in [0.1, 0.15) is 0 Å². The van der Waals surface area contributed by atoms with E-state index in [0.29, 0.717) is 18.1 Å². The number of esters is 1. The van der Waals surface area contributed by atoms with E-state index in [1.54, 1.807) is 19.1 Å². The van der Waals surface area contributed by atoms with Crippen molar-refractivity contribution in [1.29, 1.82) is 0 Å². The third kappa shape index (κ3) is 4.28. The number of carbonyl (C=O) groups is 1. The molecule has 0 aliphatic heterocycles. The van der Waals surface area contributed by atoms with Crippen molar-refractivity contribution in [3.05, 3.63) is 29.3 Å². The molecule has 1 aliphatic rings. The molecule has 6 heteroatoms. The minimum Gasteiger partial charge on any atom is -0.462 e. The molecule has 1 fully saturated rings. The highest BCUT2D eigenvalue weighted by Crippen LogP contribution is 2.24. The quantitative estimate of drug-likeness (QED) is 0.865. The van der Waals surface area contributed by atoms with Crippen molar-refractivity contribution in [2.45, 2.75) is 43.9 Å². The molecular weight excluding hydrogens is 290 g/mol. The molecule has 1 saturated carbocycles. The van der Waals surface area contributed by atoms with Crippen LogP contribution in [0.15, 0.2) is 23.1 Å². The molecule has 0 spiro atoms. The Balaban J connectivity index is 2.05. The first-order chi connectivity index (χ1) is 9.88. The van der Waals surface area contributed by atoms with Crippen LogP contribution in [0.1, 0.15) is 48.0 Å². The molecule has 5 nitrogen and oxygen atoms in total. The summed E-state index contributed by atoms with van der Waals surface area (Å²) in [7, 11) is -3.83. The Labute approximate surface area is 125 Å². The third-order valence-electron chi connectivity index (χ3n) is 3.91. The predicted octanol–water partition coefficient (Wildman–Crippen LogP) is 2.38. The summed E-state index contributed by atoms with van der Waals surface area (Å²) in [5, 5.41) is 5.14. The molecular formula is C15H21NO4S. The summed E-state index contributed by atoms with van der Waals surface area (Å²) in [6.07, 6.45) is 5.79. The molecule has 0 radical (unpaired) electrons. The van der Waals surface area contributed by atoms with Gasteiger partial charge in [0.2, 0.25) is 10.0 Å². The van der Waals surface area contributed by atoms with Gasteiger partial charge in [0.05, 0.1) is 17.1 Å². The summed E-state index contributed by atoms with van der Waals surface area (Å²) in [5.74, 6) is -0.0728.